The van der Waals surface area contributed by atoms with Gasteiger partial charge >= 0.3 is 57.6 Å². The van der Waals surface area contributed by atoms with Gasteiger partial charge in [0.05, 0.1) is 0 Å². The minimum absolute atomic E-state index is 0. The number of halogens is 3. The van der Waals surface area contributed by atoms with Gasteiger partial charge in [-0.2, -0.15) is 18.4 Å². The van der Waals surface area contributed by atoms with Crippen molar-refractivity contribution in [3.05, 3.63) is 71.2 Å². The van der Waals surface area contributed by atoms with Crippen molar-refractivity contribution in [1.82, 2.24) is 30.6 Å². The second-order valence-electron chi connectivity index (χ2n) is 8.21. The SMILES string of the molecule is FC(F)(F)c1nc2c(c(NCc3ccc(-c4ccccc4-c4nn[nH]n4)cc3)n1)CCCCC2.[H-].[K+]. The van der Waals surface area contributed by atoms with E-state index in [-0.39, 0.29) is 58.6 Å². The van der Waals surface area contributed by atoms with Crippen LogP contribution < -0.4 is 56.7 Å². The standard InChI is InChI=1S/C24H22F3N7.K.H/c25-24(26,27)23-29-20-9-3-1-2-8-19(20)21(30-23)28-14-15-10-12-16(13-11-15)17-6-4-5-7-18(17)22-31-33-34-32-22;;/h4-7,10-13H,1-3,8-9,14H2,(H,28,29,30)(H,31,32,33,34);;/q;+1;-1. The molecular weight excluding hydrogens is 482 g/mol. The zero-order chi connectivity index (χ0) is 23.5. The van der Waals surface area contributed by atoms with Crippen LogP contribution in [0.15, 0.2) is 48.5 Å². The fourth-order valence-electron chi connectivity index (χ4n) is 4.24. The molecule has 2 heterocycles. The number of nitrogens with zero attached hydrogens (tertiary/aromatic N) is 5. The predicted molar refractivity (Wildman–Crippen MR) is 122 cm³/mol. The number of aromatic amines is 1. The van der Waals surface area contributed by atoms with Gasteiger partial charge in [-0.25, -0.2) is 9.97 Å². The summed E-state index contributed by atoms with van der Waals surface area (Å²) in [7, 11) is 0. The van der Waals surface area contributed by atoms with E-state index < -0.39 is 12.0 Å². The van der Waals surface area contributed by atoms with E-state index >= 15 is 0 Å². The summed E-state index contributed by atoms with van der Waals surface area (Å²) in [6, 6.07) is 15.6. The van der Waals surface area contributed by atoms with Gasteiger partial charge in [-0.05, 0) is 47.6 Å². The predicted octanol–water partition coefficient (Wildman–Crippen LogP) is 2.34. The molecule has 0 unspecified atom stereocenters. The Morgan fingerprint density at radius 3 is 2.37 bits per heavy atom. The third-order valence-electron chi connectivity index (χ3n) is 5.92. The zero-order valence-electron chi connectivity index (χ0n) is 20.2. The Morgan fingerprint density at radius 2 is 1.66 bits per heavy atom. The van der Waals surface area contributed by atoms with E-state index in [0.717, 1.165) is 47.1 Å². The van der Waals surface area contributed by atoms with Crippen LogP contribution in [-0.2, 0) is 25.6 Å². The van der Waals surface area contributed by atoms with Gasteiger partial charge in [0.25, 0.3) is 0 Å². The van der Waals surface area contributed by atoms with Gasteiger partial charge in [0.1, 0.15) is 5.82 Å². The topological polar surface area (TPSA) is 92.3 Å². The van der Waals surface area contributed by atoms with E-state index in [0.29, 0.717) is 30.9 Å². The Balaban J connectivity index is 0.00000180. The summed E-state index contributed by atoms with van der Waals surface area (Å²) in [6.07, 6.45) is -0.612. The van der Waals surface area contributed by atoms with Gasteiger partial charge in [-0.1, -0.05) is 55.0 Å². The zero-order valence-corrected chi connectivity index (χ0v) is 22.4. The molecule has 0 radical (unpaired) electrons. The molecule has 0 saturated heterocycles. The molecule has 35 heavy (non-hydrogen) atoms. The Morgan fingerprint density at radius 1 is 0.914 bits per heavy atom. The van der Waals surface area contributed by atoms with Crippen molar-refractivity contribution in [2.24, 2.45) is 0 Å². The van der Waals surface area contributed by atoms with Gasteiger partial charge < -0.3 is 6.74 Å². The summed E-state index contributed by atoms with van der Waals surface area (Å²) in [5.74, 6) is -0.291. The Hall–Kier alpha value is -2.18. The van der Waals surface area contributed by atoms with Crippen molar-refractivity contribution in [1.29, 1.82) is 0 Å². The fraction of sp³-hybridized carbons (Fsp3) is 0.292. The maximum absolute atomic E-state index is 13.4. The van der Waals surface area contributed by atoms with Gasteiger partial charge in [0.15, 0.2) is 0 Å². The molecule has 0 atom stereocenters. The minimum atomic E-state index is -4.58. The molecule has 0 saturated carbocycles. The molecule has 0 spiro atoms. The smallest absolute Gasteiger partial charge is 1.00 e. The number of H-pyrrole nitrogens is 1. The Kier molecular flexibility index (Phi) is 8.33. The first kappa shape index (κ1) is 25.9. The molecule has 1 aliphatic rings. The second kappa shape index (κ2) is 11.3. The number of tetrazole rings is 1. The second-order valence-corrected chi connectivity index (χ2v) is 8.21. The normalized spacial score (nSPS) is 13.5. The van der Waals surface area contributed by atoms with Crippen molar-refractivity contribution in [2.75, 3.05) is 5.32 Å². The number of benzene rings is 2. The molecule has 0 aliphatic heterocycles. The third kappa shape index (κ3) is 5.97. The van der Waals surface area contributed by atoms with Gasteiger partial charge in [0, 0.05) is 23.4 Å². The van der Waals surface area contributed by atoms with Crippen molar-refractivity contribution in [2.45, 2.75) is 44.8 Å². The number of aromatic nitrogens is 6. The van der Waals surface area contributed by atoms with Gasteiger partial charge in [-0.3, -0.25) is 0 Å². The molecule has 2 aromatic heterocycles. The van der Waals surface area contributed by atoms with Crippen LogP contribution in [0.1, 0.15) is 43.3 Å². The number of hydrogen-bond acceptors (Lipinski definition) is 6. The number of rotatable bonds is 5. The molecule has 1 aliphatic carbocycles. The molecule has 11 heteroatoms. The summed E-state index contributed by atoms with van der Waals surface area (Å²) in [4.78, 5) is 7.69. The summed E-state index contributed by atoms with van der Waals surface area (Å²) < 4.78 is 40.1. The molecule has 2 N–H and O–H groups in total. The van der Waals surface area contributed by atoms with Crippen LogP contribution >= 0.6 is 0 Å². The van der Waals surface area contributed by atoms with Gasteiger partial charge in [-0.15, -0.1) is 10.2 Å². The van der Waals surface area contributed by atoms with E-state index in [4.69, 9.17) is 0 Å². The number of nitrogens with one attached hydrogen (secondary N) is 2. The van der Waals surface area contributed by atoms with Crippen molar-refractivity contribution in [3.8, 4) is 22.5 Å². The number of alkyl halides is 3. The van der Waals surface area contributed by atoms with E-state index in [1.165, 1.54) is 0 Å². The van der Waals surface area contributed by atoms with Crippen LogP contribution in [0.5, 0.6) is 0 Å². The van der Waals surface area contributed by atoms with Crippen LogP contribution in [0.2, 0.25) is 0 Å². The summed E-state index contributed by atoms with van der Waals surface area (Å²) in [5, 5.41) is 17.4. The van der Waals surface area contributed by atoms with Crippen LogP contribution in [-0.4, -0.2) is 30.6 Å². The van der Waals surface area contributed by atoms with Crippen LogP contribution in [0.4, 0.5) is 19.0 Å². The van der Waals surface area contributed by atoms with E-state index in [1.54, 1.807) is 0 Å². The van der Waals surface area contributed by atoms with Crippen LogP contribution in [0.3, 0.4) is 0 Å². The molecule has 0 fully saturated rings. The quantitative estimate of drug-likeness (QED) is 0.320. The van der Waals surface area contributed by atoms with E-state index in [2.05, 4.69) is 35.9 Å². The fourth-order valence-corrected chi connectivity index (χ4v) is 4.24. The third-order valence-corrected chi connectivity index (χ3v) is 5.92. The first-order chi connectivity index (χ1) is 16.5. The van der Waals surface area contributed by atoms with Crippen molar-refractivity contribution >= 4 is 5.82 Å². The average Bonchev–Trinajstić information content (AvgIpc) is 3.27. The number of aryl methyl sites for hydroxylation is 1. The van der Waals surface area contributed by atoms with Gasteiger partial charge in [0.2, 0.25) is 11.6 Å². The first-order valence-electron chi connectivity index (χ1n) is 11.1. The maximum Gasteiger partial charge on any atom is 1.00 e. The Bertz CT molecular complexity index is 1280. The van der Waals surface area contributed by atoms with Crippen molar-refractivity contribution in [3.63, 3.8) is 0 Å². The molecule has 5 rings (SSSR count). The molecule has 7 nitrogen and oxygen atoms in total. The maximum atomic E-state index is 13.4. The largest absolute Gasteiger partial charge is 1.00 e. The first-order valence-corrected chi connectivity index (χ1v) is 11.1. The van der Waals surface area contributed by atoms with E-state index in [1.807, 2.05) is 48.5 Å². The molecular formula is C24H23F3KN7. The number of anilines is 1. The van der Waals surface area contributed by atoms with Crippen LogP contribution in [0.25, 0.3) is 22.5 Å². The molecule has 0 amide bonds. The summed E-state index contributed by atoms with van der Waals surface area (Å²) in [6.45, 7) is 0.355. The number of fused-ring (bicyclic) bond motifs is 1. The molecule has 0 bridgehead atoms. The minimum Gasteiger partial charge on any atom is -1.00 e. The molecule has 2 aromatic carbocycles. The monoisotopic (exact) mass is 505 g/mol. The molecule has 176 valence electrons. The van der Waals surface area contributed by atoms with Crippen LogP contribution in [0, 0.1) is 0 Å². The van der Waals surface area contributed by atoms with Crippen molar-refractivity contribution < 1.29 is 66.0 Å². The summed E-state index contributed by atoms with van der Waals surface area (Å²) in [5.41, 5.74) is 5.02. The number of hydrogen-bond donors (Lipinski definition) is 2. The molecule has 4 aromatic rings. The Labute approximate surface area is 244 Å². The summed E-state index contributed by atoms with van der Waals surface area (Å²) >= 11 is 0. The van der Waals surface area contributed by atoms with E-state index in [9.17, 15) is 13.2 Å². The average molecular weight is 506 g/mol.